The Bertz CT molecular complexity index is 563. The van der Waals surface area contributed by atoms with Crippen molar-refractivity contribution in [3.63, 3.8) is 0 Å². The molecule has 0 bridgehead atoms. The average molecular weight is 272 g/mol. The number of aromatic nitrogens is 2. The van der Waals surface area contributed by atoms with Crippen LogP contribution in [0, 0.1) is 20.8 Å². The summed E-state index contributed by atoms with van der Waals surface area (Å²) in [7, 11) is 0. The standard InChI is InChI=1S/C16H24N4/c1-5-6-20-10-14(9-18-20)16(19-17)15-12(3)7-11(2)8-13(15)4/h7-10,16,19H,5-6,17H2,1-4H3. The Labute approximate surface area is 121 Å². The van der Waals surface area contributed by atoms with Crippen LogP contribution in [0.25, 0.3) is 0 Å². The molecular formula is C16H24N4. The fraction of sp³-hybridized carbons (Fsp3) is 0.438. The molecule has 0 aliphatic rings. The Morgan fingerprint density at radius 3 is 2.45 bits per heavy atom. The van der Waals surface area contributed by atoms with Crippen molar-refractivity contribution >= 4 is 0 Å². The summed E-state index contributed by atoms with van der Waals surface area (Å²) in [6.07, 6.45) is 5.05. The Kier molecular flexibility index (Phi) is 4.57. The minimum atomic E-state index is -0.0128. The average Bonchev–Trinajstić information content (AvgIpc) is 2.82. The van der Waals surface area contributed by atoms with E-state index in [0.29, 0.717) is 0 Å². The van der Waals surface area contributed by atoms with Crippen molar-refractivity contribution in [1.82, 2.24) is 15.2 Å². The lowest BCUT2D eigenvalue weighted by molar-refractivity contribution is 0.597. The van der Waals surface area contributed by atoms with Gasteiger partial charge in [-0.05, 0) is 43.9 Å². The molecule has 4 nitrogen and oxygen atoms in total. The summed E-state index contributed by atoms with van der Waals surface area (Å²) in [5, 5.41) is 4.40. The number of nitrogens with one attached hydrogen (secondary N) is 1. The zero-order valence-electron chi connectivity index (χ0n) is 12.8. The van der Waals surface area contributed by atoms with Crippen LogP contribution < -0.4 is 11.3 Å². The number of nitrogens with zero attached hydrogens (tertiary/aromatic N) is 2. The van der Waals surface area contributed by atoms with E-state index in [1.165, 1.54) is 22.3 Å². The van der Waals surface area contributed by atoms with E-state index in [1.54, 1.807) is 0 Å². The van der Waals surface area contributed by atoms with Crippen LogP contribution in [-0.2, 0) is 6.54 Å². The van der Waals surface area contributed by atoms with Crippen LogP contribution in [0.4, 0.5) is 0 Å². The van der Waals surface area contributed by atoms with E-state index < -0.39 is 0 Å². The predicted octanol–water partition coefficient (Wildman–Crippen LogP) is 2.77. The Hall–Kier alpha value is -1.65. The van der Waals surface area contributed by atoms with Gasteiger partial charge >= 0.3 is 0 Å². The number of benzene rings is 1. The molecule has 108 valence electrons. The van der Waals surface area contributed by atoms with Crippen LogP contribution in [0.1, 0.15) is 47.2 Å². The first-order valence-electron chi connectivity index (χ1n) is 7.13. The molecule has 2 aromatic rings. The second-order valence-corrected chi connectivity index (χ2v) is 5.45. The van der Waals surface area contributed by atoms with E-state index in [2.05, 4.69) is 56.5 Å². The highest BCUT2D eigenvalue weighted by molar-refractivity contribution is 5.43. The molecular weight excluding hydrogens is 248 g/mol. The van der Waals surface area contributed by atoms with Gasteiger partial charge in [0.25, 0.3) is 0 Å². The summed E-state index contributed by atoms with van der Waals surface area (Å²) in [5.41, 5.74) is 9.08. The zero-order valence-corrected chi connectivity index (χ0v) is 12.8. The molecule has 20 heavy (non-hydrogen) atoms. The van der Waals surface area contributed by atoms with Gasteiger partial charge in [0, 0.05) is 18.3 Å². The SMILES string of the molecule is CCCn1cc(C(NN)c2c(C)cc(C)cc2C)cn1. The van der Waals surface area contributed by atoms with Crippen LogP contribution in [0.2, 0.25) is 0 Å². The fourth-order valence-corrected chi connectivity index (χ4v) is 2.87. The number of nitrogens with two attached hydrogens (primary N) is 1. The second-order valence-electron chi connectivity index (χ2n) is 5.45. The highest BCUT2D eigenvalue weighted by Gasteiger charge is 2.18. The lowest BCUT2D eigenvalue weighted by Crippen LogP contribution is -2.29. The number of rotatable bonds is 5. The van der Waals surface area contributed by atoms with Crippen LogP contribution in [0.3, 0.4) is 0 Å². The van der Waals surface area contributed by atoms with Gasteiger partial charge in [-0.15, -0.1) is 0 Å². The Morgan fingerprint density at radius 2 is 1.90 bits per heavy atom. The molecule has 2 rings (SSSR count). The molecule has 1 heterocycles. The first-order chi connectivity index (χ1) is 9.56. The van der Waals surface area contributed by atoms with Crippen molar-refractivity contribution in [3.8, 4) is 0 Å². The van der Waals surface area contributed by atoms with Gasteiger partial charge in [0.05, 0.1) is 12.2 Å². The molecule has 0 saturated heterocycles. The molecule has 0 aliphatic carbocycles. The van der Waals surface area contributed by atoms with E-state index in [4.69, 9.17) is 5.84 Å². The summed E-state index contributed by atoms with van der Waals surface area (Å²) in [4.78, 5) is 0. The van der Waals surface area contributed by atoms with Crippen molar-refractivity contribution in [2.24, 2.45) is 5.84 Å². The monoisotopic (exact) mass is 272 g/mol. The Morgan fingerprint density at radius 1 is 1.25 bits per heavy atom. The van der Waals surface area contributed by atoms with Gasteiger partial charge in [-0.2, -0.15) is 5.10 Å². The zero-order chi connectivity index (χ0) is 14.7. The van der Waals surface area contributed by atoms with Crippen molar-refractivity contribution in [1.29, 1.82) is 0 Å². The maximum absolute atomic E-state index is 5.81. The van der Waals surface area contributed by atoms with E-state index in [0.717, 1.165) is 18.5 Å². The molecule has 0 radical (unpaired) electrons. The minimum absolute atomic E-state index is 0.0128. The lowest BCUT2D eigenvalue weighted by atomic mass is 9.91. The van der Waals surface area contributed by atoms with Gasteiger partial charge in [-0.25, -0.2) is 5.43 Å². The molecule has 1 aromatic heterocycles. The maximum atomic E-state index is 5.81. The molecule has 3 N–H and O–H groups in total. The van der Waals surface area contributed by atoms with Crippen molar-refractivity contribution in [2.45, 2.75) is 46.7 Å². The van der Waals surface area contributed by atoms with Crippen LogP contribution in [-0.4, -0.2) is 9.78 Å². The smallest absolute Gasteiger partial charge is 0.0745 e. The van der Waals surface area contributed by atoms with Gasteiger partial charge in [0.2, 0.25) is 0 Å². The van der Waals surface area contributed by atoms with Gasteiger partial charge in [0.15, 0.2) is 0 Å². The summed E-state index contributed by atoms with van der Waals surface area (Å²) >= 11 is 0. The first-order valence-corrected chi connectivity index (χ1v) is 7.13. The lowest BCUT2D eigenvalue weighted by Gasteiger charge is -2.20. The maximum Gasteiger partial charge on any atom is 0.0745 e. The van der Waals surface area contributed by atoms with E-state index in [9.17, 15) is 0 Å². The third-order valence-electron chi connectivity index (χ3n) is 3.63. The number of aryl methyl sites for hydroxylation is 4. The summed E-state index contributed by atoms with van der Waals surface area (Å²) in [6.45, 7) is 9.47. The Balaban J connectivity index is 2.41. The summed E-state index contributed by atoms with van der Waals surface area (Å²) < 4.78 is 1.97. The second kappa shape index (κ2) is 6.20. The van der Waals surface area contributed by atoms with Gasteiger partial charge < -0.3 is 0 Å². The molecule has 0 aliphatic heterocycles. The minimum Gasteiger partial charge on any atom is -0.272 e. The summed E-state index contributed by atoms with van der Waals surface area (Å²) in [6, 6.07) is 4.38. The fourth-order valence-electron chi connectivity index (χ4n) is 2.87. The number of hydrogen-bond acceptors (Lipinski definition) is 3. The van der Waals surface area contributed by atoms with Crippen molar-refractivity contribution in [3.05, 3.63) is 52.3 Å². The van der Waals surface area contributed by atoms with Crippen LogP contribution in [0.15, 0.2) is 24.5 Å². The van der Waals surface area contributed by atoms with E-state index >= 15 is 0 Å². The largest absolute Gasteiger partial charge is 0.272 e. The van der Waals surface area contributed by atoms with E-state index in [1.807, 2.05) is 10.9 Å². The molecule has 0 saturated carbocycles. The number of hydrazine groups is 1. The molecule has 0 amide bonds. The normalized spacial score (nSPS) is 12.7. The highest BCUT2D eigenvalue weighted by atomic mass is 15.3. The first kappa shape index (κ1) is 14.8. The van der Waals surface area contributed by atoms with E-state index in [-0.39, 0.29) is 6.04 Å². The summed E-state index contributed by atoms with van der Waals surface area (Å²) in [5.74, 6) is 5.81. The van der Waals surface area contributed by atoms with Crippen LogP contribution >= 0.6 is 0 Å². The van der Waals surface area contributed by atoms with Crippen molar-refractivity contribution < 1.29 is 0 Å². The molecule has 1 aromatic carbocycles. The van der Waals surface area contributed by atoms with Crippen molar-refractivity contribution in [2.75, 3.05) is 0 Å². The predicted molar refractivity (Wildman–Crippen MR) is 82.3 cm³/mol. The topological polar surface area (TPSA) is 55.9 Å². The highest BCUT2D eigenvalue weighted by Crippen LogP contribution is 2.28. The quantitative estimate of drug-likeness (QED) is 0.650. The van der Waals surface area contributed by atoms with Gasteiger partial charge in [0.1, 0.15) is 0 Å². The van der Waals surface area contributed by atoms with Crippen LogP contribution in [0.5, 0.6) is 0 Å². The van der Waals surface area contributed by atoms with Gasteiger partial charge in [-0.3, -0.25) is 10.5 Å². The van der Waals surface area contributed by atoms with Gasteiger partial charge in [-0.1, -0.05) is 24.6 Å². The third-order valence-corrected chi connectivity index (χ3v) is 3.63. The molecule has 0 spiro atoms. The molecule has 1 unspecified atom stereocenters. The number of hydrogen-bond donors (Lipinski definition) is 2. The molecule has 1 atom stereocenters. The third kappa shape index (κ3) is 2.92. The molecule has 4 heteroatoms. The molecule has 0 fully saturated rings.